The maximum Gasteiger partial charge on any atom is 0.302 e. The summed E-state index contributed by atoms with van der Waals surface area (Å²) in [4.78, 5) is 11.0. The summed E-state index contributed by atoms with van der Waals surface area (Å²) in [6.45, 7) is 0.458. The number of carbonyl (C=O) groups is 1. The van der Waals surface area contributed by atoms with Crippen molar-refractivity contribution in [2.24, 2.45) is 0 Å². The minimum absolute atomic E-state index is 0.134. The van der Waals surface area contributed by atoms with E-state index in [0.717, 1.165) is 5.56 Å². The maximum absolute atomic E-state index is 11.0. The van der Waals surface area contributed by atoms with E-state index < -0.39 is 0 Å². The number of benzene rings is 1. The zero-order valence-electron chi connectivity index (χ0n) is 9.27. The zero-order chi connectivity index (χ0) is 13.0. The number of hydrogen-bond acceptors (Lipinski definition) is 3. The predicted molar refractivity (Wildman–Crippen MR) is 66.6 cm³/mol. The van der Waals surface area contributed by atoms with Gasteiger partial charge in [-0.1, -0.05) is 29.8 Å². The molecule has 0 spiro atoms. The van der Waals surface area contributed by atoms with E-state index in [1.165, 1.54) is 4.68 Å². The molecule has 0 atom stereocenters. The minimum Gasteiger partial charge on any atom is -0.288 e. The smallest absolute Gasteiger partial charge is 0.288 e. The molecule has 7 heteroatoms. The Kier molecular flexibility index (Phi) is 4.17. The van der Waals surface area contributed by atoms with Crippen molar-refractivity contribution in [3.8, 4) is 0 Å². The first-order valence-corrected chi connectivity index (χ1v) is 6.06. The van der Waals surface area contributed by atoms with Crippen LogP contribution in [0.15, 0.2) is 35.0 Å². The van der Waals surface area contributed by atoms with Gasteiger partial charge in [0.2, 0.25) is 17.7 Å². The van der Waals surface area contributed by atoms with Gasteiger partial charge in [0.15, 0.2) is 0 Å². The van der Waals surface area contributed by atoms with E-state index in [9.17, 15) is 4.79 Å². The SMILES string of the molecule is O=C(CCl)Nc1c[n+](Cc2ccccc2Cl)no1. The number of halogens is 2. The topological polar surface area (TPSA) is 59.0 Å². The summed E-state index contributed by atoms with van der Waals surface area (Å²) in [5.41, 5.74) is 0.910. The summed E-state index contributed by atoms with van der Waals surface area (Å²) in [7, 11) is 0. The third-order valence-electron chi connectivity index (χ3n) is 2.18. The molecule has 0 aliphatic heterocycles. The van der Waals surface area contributed by atoms with Crippen LogP contribution in [-0.2, 0) is 11.3 Å². The van der Waals surface area contributed by atoms with Gasteiger partial charge in [-0.25, -0.2) is 0 Å². The molecule has 2 aromatic rings. The van der Waals surface area contributed by atoms with Crippen LogP contribution in [0, 0.1) is 0 Å². The van der Waals surface area contributed by atoms with Crippen molar-refractivity contribution in [3.05, 3.63) is 41.0 Å². The molecule has 1 aromatic heterocycles. The van der Waals surface area contributed by atoms with Crippen LogP contribution in [0.3, 0.4) is 0 Å². The quantitative estimate of drug-likeness (QED) is 0.689. The van der Waals surface area contributed by atoms with Gasteiger partial charge in [0.1, 0.15) is 5.88 Å². The molecule has 0 fully saturated rings. The molecular weight excluding hydrogens is 277 g/mol. The molecular formula is C11H10Cl2N3O2+. The van der Waals surface area contributed by atoms with E-state index in [-0.39, 0.29) is 17.7 Å². The van der Waals surface area contributed by atoms with Crippen LogP contribution in [-0.4, -0.2) is 17.1 Å². The highest BCUT2D eigenvalue weighted by atomic mass is 35.5. The van der Waals surface area contributed by atoms with Gasteiger partial charge in [0.05, 0.1) is 5.02 Å². The van der Waals surface area contributed by atoms with Crippen molar-refractivity contribution in [3.63, 3.8) is 0 Å². The van der Waals surface area contributed by atoms with Gasteiger partial charge in [-0.05, 0) is 10.7 Å². The Balaban J connectivity index is 2.07. The number of amides is 1. The molecule has 0 saturated carbocycles. The first kappa shape index (κ1) is 12.9. The number of nitrogens with one attached hydrogen (secondary N) is 1. The Labute approximate surface area is 113 Å². The van der Waals surface area contributed by atoms with Crippen molar-refractivity contribution in [1.29, 1.82) is 0 Å². The largest absolute Gasteiger partial charge is 0.302 e. The van der Waals surface area contributed by atoms with Gasteiger partial charge in [0, 0.05) is 5.56 Å². The van der Waals surface area contributed by atoms with E-state index >= 15 is 0 Å². The fraction of sp³-hybridized carbons (Fsp3) is 0.182. The molecule has 0 aliphatic carbocycles. The Bertz CT molecular complexity index is 557. The molecule has 1 amide bonds. The van der Waals surface area contributed by atoms with Crippen LogP contribution in [0.4, 0.5) is 5.88 Å². The summed E-state index contributed by atoms with van der Waals surface area (Å²) in [6, 6.07) is 7.43. The zero-order valence-corrected chi connectivity index (χ0v) is 10.8. The molecule has 1 heterocycles. The molecule has 5 nitrogen and oxygen atoms in total. The summed E-state index contributed by atoms with van der Waals surface area (Å²) in [5, 5.41) is 6.88. The molecule has 0 radical (unpaired) electrons. The molecule has 1 N–H and O–H groups in total. The summed E-state index contributed by atoms with van der Waals surface area (Å²) < 4.78 is 6.46. The molecule has 0 aliphatic rings. The fourth-order valence-electron chi connectivity index (χ4n) is 1.38. The number of hydrogen-bond donors (Lipinski definition) is 1. The van der Waals surface area contributed by atoms with Crippen molar-refractivity contribution >= 4 is 35.0 Å². The van der Waals surface area contributed by atoms with Crippen molar-refractivity contribution in [1.82, 2.24) is 5.27 Å². The Hall–Kier alpha value is -1.59. The molecule has 18 heavy (non-hydrogen) atoms. The van der Waals surface area contributed by atoms with Crippen LogP contribution in [0.1, 0.15) is 5.56 Å². The lowest BCUT2D eigenvalue weighted by molar-refractivity contribution is -0.754. The van der Waals surface area contributed by atoms with Crippen LogP contribution in [0.5, 0.6) is 0 Å². The standard InChI is InChI=1S/C11H9Cl2N3O2/c12-5-10(17)14-11-7-16(15-18-11)6-8-3-1-2-4-9(8)13/h1-4,7H,5-6H2/p+1. The van der Waals surface area contributed by atoms with Gasteiger partial charge in [-0.3, -0.25) is 14.6 Å². The monoisotopic (exact) mass is 286 g/mol. The molecule has 1 aromatic carbocycles. The highest BCUT2D eigenvalue weighted by molar-refractivity contribution is 6.31. The number of carbonyl (C=O) groups excluding carboxylic acids is 1. The molecule has 2 rings (SSSR count). The van der Waals surface area contributed by atoms with E-state index in [1.54, 1.807) is 12.3 Å². The Morgan fingerprint density at radius 3 is 2.94 bits per heavy atom. The predicted octanol–water partition coefficient (Wildman–Crippen LogP) is 1.84. The van der Waals surface area contributed by atoms with Gasteiger partial charge in [0.25, 0.3) is 6.20 Å². The maximum atomic E-state index is 11.0. The highest BCUT2D eigenvalue weighted by Crippen LogP contribution is 2.14. The summed E-state index contributed by atoms with van der Waals surface area (Å²) >= 11 is 11.4. The highest BCUT2D eigenvalue weighted by Gasteiger charge is 2.15. The second kappa shape index (κ2) is 5.84. The summed E-state index contributed by atoms with van der Waals surface area (Å²) in [5.74, 6) is -0.240. The average molecular weight is 287 g/mol. The average Bonchev–Trinajstić information content (AvgIpc) is 2.79. The van der Waals surface area contributed by atoms with Gasteiger partial charge >= 0.3 is 5.88 Å². The van der Waals surface area contributed by atoms with Crippen LogP contribution < -0.4 is 10.00 Å². The second-order valence-corrected chi connectivity index (χ2v) is 4.21. The lowest BCUT2D eigenvalue weighted by Crippen LogP contribution is -2.35. The number of nitrogens with zero attached hydrogens (tertiary/aromatic N) is 2. The van der Waals surface area contributed by atoms with E-state index in [0.29, 0.717) is 11.6 Å². The van der Waals surface area contributed by atoms with E-state index in [2.05, 4.69) is 10.6 Å². The number of rotatable bonds is 4. The number of aromatic nitrogens is 2. The molecule has 0 bridgehead atoms. The van der Waals surface area contributed by atoms with E-state index in [1.807, 2.05) is 18.2 Å². The number of alkyl halides is 1. The lowest BCUT2D eigenvalue weighted by Gasteiger charge is -1.95. The molecule has 94 valence electrons. The fourth-order valence-corrected chi connectivity index (χ4v) is 1.64. The van der Waals surface area contributed by atoms with E-state index in [4.69, 9.17) is 27.7 Å². The molecule has 0 saturated heterocycles. The van der Waals surface area contributed by atoms with Gasteiger partial charge in [-0.15, -0.1) is 11.6 Å². The minimum atomic E-state index is -0.349. The van der Waals surface area contributed by atoms with Crippen molar-refractivity contribution < 1.29 is 14.0 Å². The third-order valence-corrected chi connectivity index (χ3v) is 2.80. The second-order valence-electron chi connectivity index (χ2n) is 3.54. The summed E-state index contributed by atoms with van der Waals surface area (Å²) in [6.07, 6.45) is 1.56. The van der Waals surface area contributed by atoms with Crippen LogP contribution in [0.25, 0.3) is 0 Å². The van der Waals surface area contributed by atoms with Gasteiger partial charge < -0.3 is 0 Å². The first-order valence-electron chi connectivity index (χ1n) is 5.14. The number of anilines is 1. The Morgan fingerprint density at radius 1 is 1.44 bits per heavy atom. The molecule has 0 unspecified atom stereocenters. The normalized spacial score (nSPS) is 10.3. The van der Waals surface area contributed by atoms with Crippen LogP contribution >= 0.6 is 23.2 Å². The lowest BCUT2D eigenvalue weighted by atomic mass is 10.2. The third kappa shape index (κ3) is 3.21. The van der Waals surface area contributed by atoms with Crippen molar-refractivity contribution in [2.75, 3.05) is 11.2 Å². The van der Waals surface area contributed by atoms with Gasteiger partial charge in [-0.2, -0.15) is 0 Å². The Morgan fingerprint density at radius 2 is 2.22 bits per heavy atom. The first-order chi connectivity index (χ1) is 8.69. The van der Waals surface area contributed by atoms with Crippen LogP contribution in [0.2, 0.25) is 5.02 Å². The van der Waals surface area contributed by atoms with Crippen molar-refractivity contribution in [2.45, 2.75) is 6.54 Å².